The monoisotopic (exact) mass is 330 g/mol. The summed E-state index contributed by atoms with van der Waals surface area (Å²) in [6, 6.07) is 3.66. The van der Waals surface area contributed by atoms with Gasteiger partial charge in [0.15, 0.2) is 0 Å². The summed E-state index contributed by atoms with van der Waals surface area (Å²) < 4.78 is 0. The summed E-state index contributed by atoms with van der Waals surface area (Å²) in [5, 5.41) is 21.1. The molecule has 1 aliphatic rings. The van der Waals surface area contributed by atoms with Crippen LogP contribution in [0.4, 0.5) is 0 Å². The van der Waals surface area contributed by atoms with Gasteiger partial charge in [-0.05, 0) is 63.1 Å². The molecule has 0 bridgehead atoms. The molecule has 2 rings (SSSR count). The zero-order valence-electron chi connectivity index (χ0n) is 14.7. The fourth-order valence-electron chi connectivity index (χ4n) is 3.65. The first-order valence-corrected chi connectivity index (χ1v) is 8.81. The lowest BCUT2D eigenvalue weighted by Crippen LogP contribution is -2.17. The SMILES string of the molecule is C.C=C(C)[C@@H]1CCC(C)=C[C@H]1c1c(O)cc(CCCCC)cc1O. The minimum Gasteiger partial charge on any atom is -0.507 e. The molecule has 2 heteroatoms. The van der Waals surface area contributed by atoms with Crippen LogP contribution >= 0.6 is 0 Å². The Morgan fingerprint density at radius 1 is 1.21 bits per heavy atom. The van der Waals surface area contributed by atoms with Gasteiger partial charge in [-0.1, -0.05) is 51.0 Å². The first kappa shape index (κ1) is 20.3. The van der Waals surface area contributed by atoms with Crippen LogP contribution in [0.15, 0.2) is 35.9 Å². The first-order chi connectivity index (χ1) is 10.9. The third-order valence-corrected chi connectivity index (χ3v) is 4.98. The fraction of sp³-hybridized carbons (Fsp3) is 0.545. The highest BCUT2D eigenvalue weighted by atomic mass is 16.3. The number of aryl methyl sites for hydroxylation is 1. The molecule has 134 valence electrons. The Kier molecular flexibility index (Phi) is 7.59. The minimum atomic E-state index is 0. The van der Waals surface area contributed by atoms with Crippen LogP contribution in [0.1, 0.15) is 77.3 Å². The Morgan fingerprint density at radius 3 is 2.38 bits per heavy atom. The largest absolute Gasteiger partial charge is 0.507 e. The van der Waals surface area contributed by atoms with Crippen LogP contribution < -0.4 is 0 Å². The topological polar surface area (TPSA) is 40.5 Å². The lowest BCUT2D eigenvalue weighted by molar-refractivity contribution is 0.406. The Morgan fingerprint density at radius 2 is 1.83 bits per heavy atom. The zero-order valence-corrected chi connectivity index (χ0v) is 14.7. The number of hydrogen-bond donors (Lipinski definition) is 2. The molecular weight excluding hydrogens is 296 g/mol. The van der Waals surface area contributed by atoms with E-state index in [-0.39, 0.29) is 30.8 Å². The van der Waals surface area contributed by atoms with Gasteiger partial charge >= 0.3 is 0 Å². The number of aromatic hydroxyl groups is 2. The van der Waals surface area contributed by atoms with Crippen molar-refractivity contribution in [2.24, 2.45) is 5.92 Å². The van der Waals surface area contributed by atoms with E-state index in [1.54, 1.807) is 0 Å². The van der Waals surface area contributed by atoms with Crippen molar-refractivity contribution in [3.8, 4) is 11.5 Å². The summed E-state index contributed by atoms with van der Waals surface area (Å²) in [6.45, 7) is 10.4. The van der Waals surface area contributed by atoms with Gasteiger partial charge in [0.1, 0.15) is 11.5 Å². The molecule has 0 saturated heterocycles. The molecule has 0 unspecified atom stereocenters. The van der Waals surface area contributed by atoms with Crippen LogP contribution in [0.3, 0.4) is 0 Å². The van der Waals surface area contributed by atoms with Crippen molar-refractivity contribution < 1.29 is 10.2 Å². The number of unbranched alkanes of at least 4 members (excludes halogenated alkanes) is 2. The average molecular weight is 331 g/mol. The summed E-state index contributed by atoms with van der Waals surface area (Å²) in [6.07, 6.45) is 8.61. The van der Waals surface area contributed by atoms with Crippen molar-refractivity contribution in [2.75, 3.05) is 0 Å². The number of hydrogen-bond acceptors (Lipinski definition) is 2. The molecule has 0 aromatic heterocycles. The van der Waals surface area contributed by atoms with E-state index in [1.807, 2.05) is 19.1 Å². The van der Waals surface area contributed by atoms with Gasteiger partial charge < -0.3 is 10.2 Å². The molecule has 0 aliphatic heterocycles. The summed E-state index contributed by atoms with van der Waals surface area (Å²) >= 11 is 0. The van der Waals surface area contributed by atoms with E-state index in [1.165, 1.54) is 18.4 Å². The van der Waals surface area contributed by atoms with Crippen LogP contribution in [-0.4, -0.2) is 10.2 Å². The van der Waals surface area contributed by atoms with Crippen molar-refractivity contribution in [3.05, 3.63) is 47.1 Å². The number of allylic oxidation sites excluding steroid dienone is 3. The third-order valence-electron chi connectivity index (χ3n) is 4.98. The highest BCUT2D eigenvalue weighted by molar-refractivity contribution is 5.51. The predicted octanol–water partition coefficient (Wildman–Crippen LogP) is 6.48. The predicted molar refractivity (Wildman–Crippen MR) is 104 cm³/mol. The molecule has 1 aromatic carbocycles. The molecule has 0 fully saturated rings. The van der Waals surface area contributed by atoms with Gasteiger partial charge in [0.05, 0.1) is 0 Å². The molecule has 0 radical (unpaired) electrons. The molecule has 2 N–H and O–H groups in total. The zero-order chi connectivity index (χ0) is 17.0. The van der Waals surface area contributed by atoms with Gasteiger partial charge in [0.25, 0.3) is 0 Å². The van der Waals surface area contributed by atoms with Gasteiger partial charge in [0.2, 0.25) is 0 Å². The number of benzene rings is 1. The fourth-order valence-corrected chi connectivity index (χ4v) is 3.65. The summed E-state index contributed by atoms with van der Waals surface area (Å²) in [7, 11) is 0. The molecular formula is C22H34O2. The number of phenolic OH excluding ortho intramolecular Hbond substituents is 2. The van der Waals surface area contributed by atoms with Gasteiger partial charge in [-0.25, -0.2) is 0 Å². The molecule has 24 heavy (non-hydrogen) atoms. The van der Waals surface area contributed by atoms with E-state index in [0.717, 1.165) is 36.8 Å². The molecule has 0 heterocycles. The van der Waals surface area contributed by atoms with Crippen molar-refractivity contribution in [1.29, 1.82) is 0 Å². The Hall–Kier alpha value is -1.70. The van der Waals surface area contributed by atoms with Gasteiger partial charge in [-0.3, -0.25) is 0 Å². The second-order valence-electron chi connectivity index (χ2n) is 7.04. The summed E-state index contributed by atoms with van der Waals surface area (Å²) in [4.78, 5) is 0. The van der Waals surface area contributed by atoms with E-state index in [4.69, 9.17) is 0 Å². The van der Waals surface area contributed by atoms with Gasteiger partial charge in [0, 0.05) is 11.5 Å². The minimum absolute atomic E-state index is 0. The smallest absolute Gasteiger partial charge is 0.123 e. The van der Waals surface area contributed by atoms with Crippen LogP contribution in [0.25, 0.3) is 0 Å². The van der Waals surface area contributed by atoms with Crippen LogP contribution in [0.2, 0.25) is 0 Å². The van der Waals surface area contributed by atoms with Crippen molar-refractivity contribution in [2.45, 2.75) is 72.6 Å². The first-order valence-electron chi connectivity index (χ1n) is 8.81. The highest BCUT2D eigenvalue weighted by Gasteiger charge is 2.29. The van der Waals surface area contributed by atoms with Crippen molar-refractivity contribution >= 4 is 0 Å². The molecule has 1 aromatic rings. The lowest BCUT2D eigenvalue weighted by atomic mass is 9.73. The maximum absolute atomic E-state index is 10.5. The third kappa shape index (κ3) is 4.66. The van der Waals surface area contributed by atoms with Crippen LogP contribution in [-0.2, 0) is 6.42 Å². The van der Waals surface area contributed by atoms with E-state index in [2.05, 4.69) is 26.5 Å². The summed E-state index contributed by atoms with van der Waals surface area (Å²) in [5.41, 5.74) is 4.11. The normalized spacial score (nSPS) is 20.2. The second kappa shape index (κ2) is 8.96. The lowest BCUT2D eigenvalue weighted by Gasteiger charge is -2.31. The standard InChI is InChI=1S/C21H30O2.CH4/c1-5-6-7-8-16-12-19(22)21(20(23)13-16)18-11-15(4)9-10-17(18)14(2)3;/h11-13,17-18,22-23H,2,5-10H2,1,3-4H3;1H4/t17-,18+;/m0./s1. The second-order valence-corrected chi connectivity index (χ2v) is 7.04. The van der Waals surface area contributed by atoms with E-state index in [0.29, 0.717) is 5.56 Å². The summed E-state index contributed by atoms with van der Waals surface area (Å²) in [5.74, 6) is 0.741. The number of rotatable bonds is 6. The van der Waals surface area contributed by atoms with E-state index >= 15 is 0 Å². The highest BCUT2D eigenvalue weighted by Crippen LogP contribution is 2.46. The van der Waals surface area contributed by atoms with Crippen LogP contribution in [0.5, 0.6) is 11.5 Å². The van der Waals surface area contributed by atoms with E-state index < -0.39 is 0 Å². The molecule has 2 nitrogen and oxygen atoms in total. The van der Waals surface area contributed by atoms with Crippen molar-refractivity contribution in [3.63, 3.8) is 0 Å². The quantitative estimate of drug-likeness (QED) is 0.463. The molecule has 0 amide bonds. The molecule has 2 atom stereocenters. The Bertz CT molecular complexity index is 575. The number of phenols is 2. The van der Waals surface area contributed by atoms with Crippen LogP contribution in [0, 0.1) is 5.92 Å². The van der Waals surface area contributed by atoms with Gasteiger partial charge in [-0.15, -0.1) is 0 Å². The maximum Gasteiger partial charge on any atom is 0.123 e. The Labute approximate surface area is 147 Å². The maximum atomic E-state index is 10.5. The van der Waals surface area contributed by atoms with Gasteiger partial charge in [-0.2, -0.15) is 0 Å². The molecule has 0 spiro atoms. The molecule has 1 aliphatic carbocycles. The van der Waals surface area contributed by atoms with Crippen molar-refractivity contribution in [1.82, 2.24) is 0 Å². The molecule has 0 saturated carbocycles. The van der Waals surface area contributed by atoms with E-state index in [9.17, 15) is 10.2 Å². The Balaban J connectivity index is 0.00000288. The average Bonchev–Trinajstić information content (AvgIpc) is 2.46.